The number of benzene rings is 2. The third-order valence-corrected chi connectivity index (χ3v) is 5.55. The molecule has 0 aliphatic heterocycles. The molecule has 3 rings (SSSR count). The summed E-state index contributed by atoms with van der Waals surface area (Å²) in [6.45, 7) is 6.11. The van der Waals surface area contributed by atoms with Crippen molar-refractivity contribution in [3.8, 4) is 11.8 Å². The largest absolute Gasteiger partial charge is 0.488 e. The van der Waals surface area contributed by atoms with Gasteiger partial charge in [0.2, 0.25) is 5.91 Å². The molecule has 0 spiro atoms. The zero-order chi connectivity index (χ0) is 25.6. The van der Waals surface area contributed by atoms with Crippen LogP contribution in [0, 0.1) is 17.1 Å². The summed E-state index contributed by atoms with van der Waals surface area (Å²) >= 11 is 0. The van der Waals surface area contributed by atoms with Crippen LogP contribution in [0.1, 0.15) is 62.4 Å². The van der Waals surface area contributed by atoms with E-state index in [1.165, 1.54) is 12.1 Å². The zero-order valence-electron chi connectivity index (χ0n) is 20.5. The van der Waals surface area contributed by atoms with Gasteiger partial charge in [-0.2, -0.15) is 5.26 Å². The van der Waals surface area contributed by atoms with Crippen LogP contribution < -0.4 is 10.5 Å². The van der Waals surface area contributed by atoms with E-state index in [0.717, 1.165) is 5.56 Å². The number of nitrogens with zero attached hydrogens (tertiary/aromatic N) is 3. The van der Waals surface area contributed by atoms with Gasteiger partial charge < -0.3 is 19.8 Å². The molecule has 2 N–H and O–H groups in total. The second kappa shape index (κ2) is 10.7. The molecule has 7 nitrogen and oxygen atoms in total. The minimum atomic E-state index is -1.14. The zero-order valence-corrected chi connectivity index (χ0v) is 20.5. The van der Waals surface area contributed by atoms with Gasteiger partial charge in [0.05, 0.1) is 30.4 Å². The van der Waals surface area contributed by atoms with Gasteiger partial charge in [0, 0.05) is 13.5 Å². The lowest BCUT2D eigenvalue weighted by molar-refractivity contribution is -0.118. The lowest BCUT2D eigenvalue weighted by atomic mass is 9.84. The Morgan fingerprint density at radius 1 is 1.23 bits per heavy atom. The molecule has 1 unspecified atom stereocenters. The Morgan fingerprint density at radius 3 is 2.60 bits per heavy atom. The van der Waals surface area contributed by atoms with Crippen LogP contribution in [0.15, 0.2) is 55.0 Å². The number of aromatic nitrogens is 2. The third kappa shape index (κ3) is 6.46. The molecule has 8 heteroatoms. The van der Waals surface area contributed by atoms with Crippen molar-refractivity contribution in [2.75, 3.05) is 0 Å². The van der Waals surface area contributed by atoms with Crippen molar-refractivity contribution in [2.24, 2.45) is 12.8 Å². The van der Waals surface area contributed by atoms with Gasteiger partial charge in [0.15, 0.2) is 0 Å². The number of ether oxygens (including phenoxy) is 2. The van der Waals surface area contributed by atoms with Gasteiger partial charge in [-0.1, -0.05) is 18.2 Å². The molecule has 0 saturated carbocycles. The summed E-state index contributed by atoms with van der Waals surface area (Å²) in [5.74, 6) is -0.361. The average Bonchev–Trinajstić information content (AvgIpc) is 3.21. The van der Waals surface area contributed by atoms with Crippen molar-refractivity contribution in [3.63, 3.8) is 0 Å². The van der Waals surface area contributed by atoms with E-state index in [0.29, 0.717) is 29.8 Å². The highest BCUT2D eigenvalue weighted by atomic mass is 19.1. The molecule has 0 fully saturated rings. The van der Waals surface area contributed by atoms with Crippen LogP contribution in [0.4, 0.5) is 4.39 Å². The molecule has 1 heterocycles. The van der Waals surface area contributed by atoms with Crippen molar-refractivity contribution < 1.29 is 18.7 Å². The van der Waals surface area contributed by atoms with Gasteiger partial charge in [0.25, 0.3) is 0 Å². The third-order valence-electron chi connectivity index (χ3n) is 5.55. The second-order valence-corrected chi connectivity index (χ2v) is 9.49. The first kappa shape index (κ1) is 25.9. The number of amides is 1. The Kier molecular flexibility index (Phi) is 7.92. The quantitative estimate of drug-likeness (QED) is 0.454. The van der Waals surface area contributed by atoms with E-state index in [2.05, 4.69) is 4.98 Å². The van der Waals surface area contributed by atoms with Crippen LogP contribution >= 0.6 is 0 Å². The Labute approximate surface area is 205 Å². The van der Waals surface area contributed by atoms with Crippen molar-refractivity contribution in [3.05, 3.63) is 83.2 Å². The number of primary amides is 1. The molecule has 0 saturated heterocycles. The maximum atomic E-state index is 14.8. The highest BCUT2D eigenvalue weighted by molar-refractivity contribution is 5.73. The summed E-state index contributed by atoms with van der Waals surface area (Å²) in [5.41, 5.74) is 5.91. The maximum Gasteiger partial charge on any atom is 0.217 e. The van der Waals surface area contributed by atoms with Gasteiger partial charge in [0.1, 0.15) is 28.8 Å². The molecule has 0 radical (unpaired) electrons. The molecular weight excluding hydrogens is 447 g/mol. The van der Waals surface area contributed by atoms with Crippen LogP contribution in [0.2, 0.25) is 0 Å². The highest BCUT2D eigenvalue weighted by Gasteiger charge is 2.38. The number of rotatable bonds is 10. The van der Waals surface area contributed by atoms with Gasteiger partial charge in [-0.3, -0.25) is 4.79 Å². The summed E-state index contributed by atoms with van der Waals surface area (Å²) in [7, 11) is 1.83. The number of nitriles is 1. The van der Waals surface area contributed by atoms with Gasteiger partial charge in [-0.25, -0.2) is 9.37 Å². The highest BCUT2D eigenvalue weighted by Crippen LogP contribution is 2.40. The molecule has 0 aliphatic carbocycles. The van der Waals surface area contributed by atoms with Gasteiger partial charge in [-0.15, -0.1) is 0 Å². The van der Waals surface area contributed by atoms with Crippen LogP contribution in [-0.2, 0) is 28.8 Å². The fourth-order valence-corrected chi connectivity index (χ4v) is 4.02. The fourth-order valence-electron chi connectivity index (χ4n) is 4.02. The maximum absolute atomic E-state index is 14.8. The van der Waals surface area contributed by atoms with Crippen LogP contribution in [-0.4, -0.2) is 21.1 Å². The molecule has 35 heavy (non-hydrogen) atoms. The number of carbonyl (C=O) groups is 1. The van der Waals surface area contributed by atoms with Gasteiger partial charge in [-0.05, 0) is 69.0 Å². The molecular formula is C27H31FN4O3. The first-order chi connectivity index (χ1) is 16.5. The SMILES string of the molecule is Cn1cncc1C(CCCC(N)=O)(OCc1cccc(OC(C)(C)C)c1)c1ccc(C#N)c(F)c1. The van der Waals surface area contributed by atoms with Crippen LogP contribution in [0.25, 0.3) is 0 Å². The van der Waals surface area contributed by atoms with Crippen LogP contribution in [0.3, 0.4) is 0 Å². The van der Waals surface area contributed by atoms with E-state index in [1.54, 1.807) is 23.2 Å². The van der Waals surface area contributed by atoms with Gasteiger partial charge >= 0.3 is 0 Å². The summed E-state index contributed by atoms with van der Waals surface area (Å²) in [5, 5.41) is 9.20. The first-order valence-electron chi connectivity index (χ1n) is 11.4. The fraction of sp³-hybridized carbons (Fsp3) is 0.370. The Bertz CT molecular complexity index is 1230. The number of halogens is 1. The predicted octanol–water partition coefficient (Wildman–Crippen LogP) is 4.72. The lowest BCUT2D eigenvalue weighted by Gasteiger charge is -2.35. The van der Waals surface area contributed by atoms with E-state index in [4.69, 9.17) is 15.2 Å². The van der Waals surface area contributed by atoms with E-state index in [-0.39, 0.29) is 24.2 Å². The first-order valence-corrected chi connectivity index (χ1v) is 11.4. The number of aryl methyl sites for hydroxylation is 1. The van der Waals surface area contributed by atoms with Crippen molar-refractivity contribution in [1.29, 1.82) is 5.26 Å². The normalized spacial score (nSPS) is 13.1. The Hall–Kier alpha value is -3.70. The summed E-state index contributed by atoms with van der Waals surface area (Å²) in [4.78, 5) is 15.7. The number of carbonyl (C=O) groups excluding carboxylic acids is 1. The summed E-state index contributed by atoms with van der Waals surface area (Å²) in [6.07, 6.45) is 4.21. The van der Waals surface area contributed by atoms with E-state index in [9.17, 15) is 14.4 Å². The molecule has 0 aliphatic rings. The summed E-state index contributed by atoms with van der Waals surface area (Å²) < 4.78 is 29.1. The minimum Gasteiger partial charge on any atom is -0.488 e. The summed E-state index contributed by atoms with van der Waals surface area (Å²) in [6, 6.07) is 13.9. The molecule has 3 aromatic rings. The van der Waals surface area contributed by atoms with Crippen molar-refractivity contribution in [1.82, 2.24) is 9.55 Å². The Morgan fingerprint density at radius 2 is 2.00 bits per heavy atom. The standard InChI is InChI=1S/C27H31FN4O3/c1-26(2,3)35-22-8-5-7-19(13-22)17-34-27(12-6-9-25(30)33,24-16-31-18-32(24)4)21-11-10-20(15-29)23(28)14-21/h5,7-8,10-11,13-14,16,18H,6,9,12,17H2,1-4H3,(H2,30,33). The monoisotopic (exact) mass is 478 g/mol. The molecule has 1 amide bonds. The van der Waals surface area contributed by atoms with E-state index in [1.807, 2.05) is 58.2 Å². The topological polar surface area (TPSA) is 103 Å². The minimum absolute atomic E-state index is 0.0585. The number of imidazole rings is 1. The molecule has 0 bridgehead atoms. The number of hydrogen-bond donors (Lipinski definition) is 1. The Balaban J connectivity index is 2.05. The average molecular weight is 479 g/mol. The molecule has 1 atom stereocenters. The number of nitrogens with two attached hydrogens (primary N) is 1. The van der Waals surface area contributed by atoms with Crippen LogP contribution in [0.5, 0.6) is 5.75 Å². The van der Waals surface area contributed by atoms with E-state index >= 15 is 0 Å². The smallest absolute Gasteiger partial charge is 0.217 e. The van der Waals surface area contributed by atoms with Crippen molar-refractivity contribution in [2.45, 2.75) is 57.8 Å². The molecule has 2 aromatic carbocycles. The van der Waals surface area contributed by atoms with E-state index < -0.39 is 17.3 Å². The van der Waals surface area contributed by atoms with Crippen molar-refractivity contribution >= 4 is 5.91 Å². The molecule has 184 valence electrons. The molecule has 1 aromatic heterocycles. The number of hydrogen-bond acceptors (Lipinski definition) is 5. The predicted molar refractivity (Wildman–Crippen MR) is 130 cm³/mol. The second-order valence-electron chi connectivity index (χ2n) is 9.49. The lowest BCUT2D eigenvalue weighted by Crippen LogP contribution is -2.34.